The number of amides is 1. The van der Waals surface area contributed by atoms with Crippen LogP contribution in [-0.2, 0) is 17.8 Å². The van der Waals surface area contributed by atoms with Crippen LogP contribution < -0.4 is 15.7 Å². The number of hydrogen-bond acceptors (Lipinski definition) is 5. The molecule has 0 aliphatic heterocycles. The Kier molecular flexibility index (Phi) is 6.53. The van der Waals surface area contributed by atoms with Crippen molar-refractivity contribution in [3.05, 3.63) is 82.5 Å². The average molecular weight is 446 g/mol. The van der Waals surface area contributed by atoms with Gasteiger partial charge in [-0.3, -0.25) is 4.79 Å². The Bertz CT molecular complexity index is 1310. The van der Waals surface area contributed by atoms with Gasteiger partial charge >= 0.3 is 5.69 Å². The maximum atomic E-state index is 12.8. The van der Waals surface area contributed by atoms with E-state index < -0.39 is 0 Å². The second kappa shape index (κ2) is 9.68. The van der Waals surface area contributed by atoms with E-state index in [1.807, 2.05) is 49.4 Å². The smallest absolute Gasteiger partial charge is 0.352 e. The molecule has 4 rings (SSSR count). The van der Waals surface area contributed by atoms with Crippen molar-refractivity contribution in [3.8, 4) is 17.0 Å². The van der Waals surface area contributed by atoms with Gasteiger partial charge in [-0.05, 0) is 56.5 Å². The molecule has 0 aliphatic carbocycles. The van der Waals surface area contributed by atoms with Crippen molar-refractivity contribution in [1.29, 1.82) is 0 Å². The summed E-state index contributed by atoms with van der Waals surface area (Å²) >= 11 is 0. The Hall–Kier alpha value is -3.94. The number of nitrogens with one attached hydrogen (secondary N) is 1. The molecule has 0 saturated carbocycles. The maximum absolute atomic E-state index is 12.8. The second-order valence-electron chi connectivity index (χ2n) is 8.04. The summed E-state index contributed by atoms with van der Waals surface area (Å²) in [7, 11) is 1.61. The molecule has 0 saturated heterocycles. The van der Waals surface area contributed by atoms with E-state index in [0.29, 0.717) is 17.2 Å². The van der Waals surface area contributed by atoms with Crippen LogP contribution in [0.25, 0.3) is 16.9 Å². The fourth-order valence-corrected chi connectivity index (χ4v) is 3.77. The van der Waals surface area contributed by atoms with Crippen molar-refractivity contribution < 1.29 is 9.53 Å². The topological polar surface area (TPSA) is 90.5 Å². The molecule has 0 spiro atoms. The van der Waals surface area contributed by atoms with Crippen molar-refractivity contribution in [1.82, 2.24) is 24.5 Å². The Labute approximate surface area is 191 Å². The minimum atomic E-state index is -0.386. The van der Waals surface area contributed by atoms with Crippen LogP contribution in [0, 0.1) is 6.92 Å². The zero-order valence-corrected chi connectivity index (χ0v) is 19.0. The van der Waals surface area contributed by atoms with E-state index in [9.17, 15) is 9.59 Å². The predicted octanol–water partition coefficient (Wildman–Crippen LogP) is 3.01. The van der Waals surface area contributed by atoms with Gasteiger partial charge in [-0.15, -0.1) is 5.10 Å². The molecule has 1 atom stereocenters. The first kappa shape index (κ1) is 22.3. The fraction of sp³-hybridized carbons (Fsp3) is 0.280. The number of hydrogen-bond donors (Lipinski definition) is 1. The molecule has 1 N–H and O–H groups in total. The van der Waals surface area contributed by atoms with E-state index in [4.69, 9.17) is 4.74 Å². The van der Waals surface area contributed by atoms with Gasteiger partial charge in [-0.1, -0.05) is 30.3 Å². The lowest BCUT2D eigenvalue weighted by Gasteiger charge is -2.13. The van der Waals surface area contributed by atoms with E-state index in [1.54, 1.807) is 20.1 Å². The largest absolute Gasteiger partial charge is 0.497 e. The third-order valence-electron chi connectivity index (χ3n) is 5.53. The molecule has 0 fully saturated rings. The molecule has 170 valence electrons. The summed E-state index contributed by atoms with van der Waals surface area (Å²) in [6, 6.07) is 19.4. The minimum absolute atomic E-state index is 0.0180. The van der Waals surface area contributed by atoms with Crippen molar-refractivity contribution in [2.45, 2.75) is 39.3 Å². The Morgan fingerprint density at radius 2 is 1.85 bits per heavy atom. The summed E-state index contributed by atoms with van der Waals surface area (Å²) in [5.74, 6) is 1.01. The van der Waals surface area contributed by atoms with E-state index >= 15 is 0 Å². The quantitative estimate of drug-likeness (QED) is 0.450. The molecule has 8 heteroatoms. The number of aromatic nitrogens is 4. The highest BCUT2D eigenvalue weighted by Crippen LogP contribution is 2.21. The normalized spacial score (nSPS) is 12.0. The second-order valence-corrected chi connectivity index (χ2v) is 8.04. The van der Waals surface area contributed by atoms with Crippen molar-refractivity contribution in [2.24, 2.45) is 0 Å². The van der Waals surface area contributed by atoms with Crippen LogP contribution in [0.15, 0.2) is 65.5 Å². The van der Waals surface area contributed by atoms with Gasteiger partial charge in [0.2, 0.25) is 5.91 Å². The standard InChI is InChI=1S/C25H27N5O3/c1-17(9-10-19-7-5-4-6-8-19)26-24(31)16-29-25(32)30-18(2)27-22(15-23(30)28-29)20-11-13-21(33-3)14-12-20/h4-8,11-15,17H,9-10,16H2,1-3H3,(H,26,31)/t17-/m0/s1. The number of carbonyl (C=O) groups excluding carboxylic acids is 1. The Morgan fingerprint density at radius 3 is 2.55 bits per heavy atom. The number of aryl methyl sites for hydroxylation is 2. The third kappa shape index (κ3) is 5.11. The van der Waals surface area contributed by atoms with Gasteiger partial charge in [0.1, 0.15) is 18.1 Å². The SMILES string of the molecule is COc1ccc(-c2cc3nn(CC(=O)N[C@@H](C)CCc4ccccc4)c(=O)n3c(C)n2)cc1. The predicted molar refractivity (Wildman–Crippen MR) is 126 cm³/mol. The summed E-state index contributed by atoms with van der Waals surface area (Å²) < 4.78 is 7.80. The molecule has 2 aromatic heterocycles. The molecule has 0 radical (unpaired) electrons. The lowest BCUT2D eigenvalue weighted by atomic mass is 10.1. The van der Waals surface area contributed by atoms with Crippen LogP contribution in [0.1, 0.15) is 24.7 Å². The van der Waals surface area contributed by atoms with Crippen LogP contribution in [0.2, 0.25) is 0 Å². The number of ether oxygens (including phenoxy) is 1. The minimum Gasteiger partial charge on any atom is -0.497 e. The van der Waals surface area contributed by atoms with E-state index in [1.165, 1.54) is 14.6 Å². The van der Waals surface area contributed by atoms with Crippen LogP contribution in [0.3, 0.4) is 0 Å². The monoisotopic (exact) mass is 445 g/mol. The molecule has 2 aromatic carbocycles. The zero-order valence-electron chi connectivity index (χ0n) is 19.0. The summed E-state index contributed by atoms with van der Waals surface area (Å²) in [4.78, 5) is 29.9. The molecular weight excluding hydrogens is 418 g/mol. The van der Waals surface area contributed by atoms with Crippen LogP contribution in [-0.4, -0.2) is 38.2 Å². The highest BCUT2D eigenvalue weighted by atomic mass is 16.5. The van der Waals surface area contributed by atoms with Crippen molar-refractivity contribution in [3.63, 3.8) is 0 Å². The maximum Gasteiger partial charge on any atom is 0.352 e. The molecule has 0 unspecified atom stereocenters. The zero-order chi connectivity index (χ0) is 23.4. The van der Waals surface area contributed by atoms with Gasteiger partial charge in [0.05, 0.1) is 12.8 Å². The van der Waals surface area contributed by atoms with E-state index in [2.05, 4.69) is 27.5 Å². The summed E-state index contributed by atoms with van der Waals surface area (Å²) in [5.41, 5.74) is 2.87. The van der Waals surface area contributed by atoms with Gasteiger partial charge in [0.15, 0.2) is 5.65 Å². The van der Waals surface area contributed by atoms with Crippen LogP contribution in [0.4, 0.5) is 0 Å². The molecule has 8 nitrogen and oxygen atoms in total. The lowest BCUT2D eigenvalue weighted by Crippen LogP contribution is -2.38. The van der Waals surface area contributed by atoms with Gasteiger partial charge < -0.3 is 10.1 Å². The molecule has 1 amide bonds. The molecule has 0 aliphatic rings. The molecule has 0 bridgehead atoms. The molecule has 4 aromatic rings. The number of nitrogens with zero attached hydrogens (tertiary/aromatic N) is 4. The number of fused-ring (bicyclic) bond motifs is 1. The summed E-state index contributed by atoms with van der Waals surface area (Å²) in [6.07, 6.45) is 1.68. The Morgan fingerprint density at radius 1 is 1.12 bits per heavy atom. The average Bonchev–Trinajstić information content (AvgIpc) is 3.13. The highest BCUT2D eigenvalue weighted by Gasteiger charge is 2.16. The van der Waals surface area contributed by atoms with Crippen LogP contribution >= 0.6 is 0 Å². The molecule has 33 heavy (non-hydrogen) atoms. The number of carbonyl (C=O) groups is 1. The lowest BCUT2D eigenvalue weighted by molar-refractivity contribution is -0.122. The van der Waals surface area contributed by atoms with Gasteiger partial charge in [-0.25, -0.2) is 18.9 Å². The molecule has 2 heterocycles. The summed E-state index contributed by atoms with van der Waals surface area (Å²) in [5, 5.41) is 7.33. The van der Waals surface area contributed by atoms with Crippen LogP contribution in [0.5, 0.6) is 5.75 Å². The first-order valence-corrected chi connectivity index (χ1v) is 10.9. The van der Waals surface area contributed by atoms with Gasteiger partial charge in [0, 0.05) is 17.7 Å². The fourth-order valence-electron chi connectivity index (χ4n) is 3.77. The van der Waals surface area contributed by atoms with E-state index in [0.717, 1.165) is 24.2 Å². The first-order chi connectivity index (χ1) is 15.9. The number of rotatable bonds is 8. The van der Waals surface area contributed by atoms with Crippen molar-refractivity contribution >= 4 is 11.6 Å². The van der Waals surface area contributed by atoms with E-state index in [-0.39, 0.29) is 24.2 Å². The number of methoxy groups -OCH3 is 1. The molecular formula is C25H27N5O3. The van der Waals surface area contributed by atoms with Gasteiger partial charge in [0.25, 0.3) is 0 Å². The van der Waals surface area contributed by atoms with Gasteiger partial charge in [-0.2, -0.15) is 0 Å². The Balaban J connectivity index is 1.47. The summed E-state index contributed by atoms with van der Waals surface area (Å²) in [6.45, 7) is 3.56. The first-order valence-electron chi connectivity index (χ1n) is 10.9. The highest BCUT2D eigenvalue weighted by molar-refractivity contribution is 5.76. The van der Waals surface area contributed by atoms with Crippen molar-refractivity contribution in [2.75, 3.05) is 7.11 Å². The third-order valence-corrected chi connectivity index (χ3v) is 5.53. The number of benzene rings is 2.